The van der Waals surface area contributed by atoms with Crippen LogP contribution in [0.3, 0.4) is 0 Å². The highest BCUT2D eigenvalue weighted by Gasteiger charge is 2.20. The molecule has 2 aromatic rings. The Morgan fingerprint density at radius 1 is 1.19 bits per heavy atom. The molecule has 0 radical (unpaired) electrons. The number of likely N-dealkylation sites (tertiary alicyclic amines) is 1. The average molecular weight is 370 g/mol. The summed E-state index contributed by atoms with van der Waals surface area (Å²) >= 11 is 1.54. The van der Waals surface area contributed by atoms with Crippen molar-refractivity contribution in [3.8, 4) is 0 Å². The molecule has 1 amide bonds. The Morgan fingerprint density at radius 3 is 2.88 bits per heavy atom. The second-order valence-electron chi connectivity index (χ2n) is 6.75. The largest absolute Gasteiger partial charge is 0.322 e. The summed E-state index contributed by atoms with van der Waals surface area (Å²) in [6, 6.07) is 7.86. The fraction of sp³-hybridized carbons (Fsp3) is 0.421. The van der Waals surface area contributed by atoms with Crippen LogP contribution in [0, 0.1) is 0 Å². The molecule has 0 atom stereocenters. The van der Waals surface area contributed by atoms with Crippen molar-refractivity contribution in [2.45, 2.75) is 37.5 Å². The number of anilines is 1. The van der Waals surface area contributed by atoms with Gasteiger partial charge in [0.2, 0.25) is 0 Å². The first-order chi connectivity index (χ1) is 12.7. The molecule has 6 nitrogen and oxygen atoms in total. The van der Waals surface area contributed by atoms with Gasteiger partial charge < -0.3 is 5.32 Å². The van der Waals surface area contributed by atoms with E-state index < -0.39 is 5.91 Å². The number of hydrogen-bond donors (Lipinski definition) is 1. The monoisotopic (exact) mass is 370 g/mol. The van der Waals surface area contributed by atoms with Crippen LogP contribution in [-0.2, 0) is 13.1 Å². The van der Waals surface area contributed by atoms with Gasteiger partial charge in [0.1, 0.15) is 5.56 Å². The van der Waals surface area contributed by atoms with Gasteiger partial charge in [-0.3, -0.25) is 19.1 Å². The number of thioether (sulfide) groups is 1. The van der Waals surface area contributed by atoms with Gasteiger partial charge in [-0.05, 0) is 43.6 Å². The summed E-state index contributed by atoms with van der Waals surface area (Å²) < 4.78 is 1.58. The number of aromatic nitrogens is 2. The molecule has 136 valence electrons. The quantitative estimate of drug-likeness (QED) is 0.838. The van der Waals surface area contributed by atoms with E-state index in [9.17, 15) is 9.59 Å². The predicted octanol–water partition coefficient (Wildman–Crippen LogP) is 2.59. The second kappa shape index (κ2) is 7.63. The topological polar surface area (TPSA) is 67.2 Å². The minimum absolute atomic E-state index is 0.0951. The zero-order valence-electron chi connectivity index (χ0n) is 14.6. The molecule has 2 aliphatic heterocycles. The number of piperidine rings is 1. The number of hydrogen-bond acceptors (Lipinski definition) is 5. The van der Waals surface area contributed by atoms with Gasteiger partial charge in [-0.15, -0.1) is 0 Å². The molecule has 1 aromatic carbocycles. The number of benzene rings is 1. The molecule has 0 unspecified atom stereocenters. The highest BCUT2D eigenvalue weighted by atomic mass is 32.2. The molecule has 7 heteroatoms. The van der Waals surface area contributed by atoms with E-state index in [1.54, 1.807) is 16.3 Å². The van der Waals surface area contributed by atoms with Crippen molar-refractivity contribution in [1.82, 2.24) is 14.5 Å². The zero-order chi connectivity index (χ0) is 17.9. The van der Waals surface area contributed by atoms with E-state index in [0.717, 1.165) is 25.4 Å². The summed E-state index contributed by atoms with van der Waals surface area (Å²) in [7, 11) is 0. The van der Waals surface area contributed by atoms with Crippen LogP contribution in [0.2, 0.25) is 0 Å². The Kier molecular flexibility index (Phi) is 5.08. The number of nitrogens with zero attached hydrogens (tertiary/aromatic N) is 3. The molecule has 0 saturated carbocycles. The molecule has 1 aromatic heterocycles. The Bertz CT molecular complexity index is 874. The summed E-state index contributed by atoms with van der Waals surface area (Å²) in [4.78, 5) is 31.7. The molecule has 26 heavy (non-hydrogen) atoms. The number of fused-ring (bicyclic) bond motifs is 1. The van der Waals surface area contributed by atoms with Gasteiger partial charge in [0, 0.05) is 30.7 Å². The van der Waals surface area contributed by atoms with Crippen molar-refractivity contribution in [2.75, 3.05) is 24.2 Å². The number of rotatable bonds is 4. The molecule has 0 spiro atoms. The first-order valence-corrected chi connectivity index (χ1v) is 10.0. The lowest BCUT2D eigenvalue weighted by Gasteiger charge is -2.26. The van der Waals surface area contributed by atoms with Crippen molar-refractivity contribution in [3.63, 3.8) is 0 Å². The van der Waals surface area contributed by atoms with Gasteiger partial charge in [0.25, 0.3) is 11.5 Å². The molecule has 4 rings (SSSR count). The third kappa shape index (κ3) is 3.68. The smallest absolute Gasteiger partial charge is 0.267 e. The van der Waals surface area contributed by atoms with E-state index >= 15 is 0 Å². The molecular formula is C19H22N4O2S. The Hall–Kier alpha value is -2.12. The summed E-state index contributed by atoms with van der Waals surface area (Å²) in [6.07, 6.45) is 5.21. The molecule has 0 aliphatic carbocycles. The molecular weight excluding hydrogens is 348 g/mol. The first kappa shape index (κ1) is 17.3. The number of carbonyl (C=O) groups is 1. The van der Waals surface area contributed by atoms with E-state index in [-0.39, 0.29) is 11.1 Å². The maximum Gasteiger partial charge on any atom is 0.267 e. The van der Waals surface area contributed by atoms with Crippen LogP contribution in [0.1, 0.15) is 35.2 Å². The minimum atomic E-state index is -0.398. The standard InChI is InChI=1S/C19H22N4O2S/c24-17(16-12-20-19-23(18(16)25)9-10-26-19)21-15-6-4-5-14(11-15)13-22-7-2-1-3-8-22/h4-6,11-12H,1-3,7-10,13H2,(H,21,24). The normalized spacial score (nSPS) is 17.1. The van der Waals surface area contributed by atoms with Crippen molar-refractivity contribution in [3.05, 3.63) is 51.9 Å². The highest BCUT2D eigenvalue weighted by Crippen LogP contribution is 2.21. The van der Waals surface area contributed by atoms with Crippen molar-refractivity contribution in [2.24, 2.45) is 0 Å². The second-order valence-corrected chi connectivity index (χ2v) is 7.81. The molecule has 2 aliphatic rings. The summed E-state index contributed by atoms with van der Waals surface area (Å²) in [5.41, 5.74) is 1.72. The van der Waals surface area contributed by atoms with Crippen LogP contribution < -0.4 is 10.9 Å². The SMILES string of the molecule is O=C(Nc1cccc(CN2CCCCC2)c1)c1cnc2n(c1=O)CCS2. The maximum atomic E-state index is 12.6. The van der Waals surface area contributed by atoms with Gasteiger partial charge in [-0.25, -0.2) is 4.98 Å². The highest BCUT2D eigenvalue weighted by molar-refractivity contribution is 7.99. The number of nitrogens with one attached hydrogen (secondary N) is 1. The van der Waals surface area contributed by atoms with Crippen LogP contribution in [0.25, 0.3) is 0 Å². The molecule has 0 bridgehead atoms. The van der Waals surface area contributed by atoms with Crippen LogP contribution in [0.15, 0.2) is 40.4 Å². The number of carbonyl (C=O) groups excluding carboxylic acids is 1. The van der Waals surface area contributed by atoms with Gasteiger partial charge in [0.15, 0.2) is 5.16 Å². The Balaban J connectivity index is 1.48. The van der Waals surface area contributed by atoms with Gasteiger partial charge in [-0.2, -0.15) is 0 Å². The lowest BCUT2D eigenvalue weighted by Crippen LogP contribution is -2.30. The molecule has 1 fully saturated rings. The van der Waals surface area contributed by atoms with E-state index in [1.165, 1.54) is 31.0 Å². The van der Waals surface area contributed by atoms with Gasteiger partial charge in [0.05, 0.1) is 0 Å². The third-order valence-electron chi connectivity index (χ3n) is 4.84. The number of amides is 1. The van der Waals surface area contributed by atoms with E-state index in [4.69, 9.17) is 0 Å². The van der Waals surface area contributed by atoms with Crippen molar-refractivity contribution in [1.29, 1.82) is 0 Å². The van der Waals surface area contributed by atoms with Crippen LogP contribution >= 0.6 is 11.8 Å². The lowest BCUT2D eigenvalue weighted by atomic mass is 10.1. The van der Waals surface area contributed by atoms with E-state index in [1.807, 2.05) is 18.2 Å². The van der Waals surface area contributed by atoms with Crippen LogP contribution in [-0.4, -0.2) is 39.2 Å². The van der Waals surface area contributed by atoms with E-state index in [0.29, 0.717) is 17.4 Å². The van der Waals surface area contributed by atoms with E-state index in [2.05, 4.69) is 21.3 Å². The zero-order valence-corrected chi connectivity index (χ0v) is 15.4. The third-order valence-corrected chi connectivity index (χ3v) is 5.81. The predicted molar refractivity (Wildman–Crippen MR) is 103 cm³/mol. The average Bonchev–Trinajstić information content (AvgIpc) is 3.13. The molecule has 3 heterocycles. The summed E-state index contributed by atoms with van der Waals surface area (Å²) in [5, 5.41) is 3.54. The Labute approximate surface area is 156 Å². The summed E-state index contributed by atoms with van der Waals surface area (Å²) in [5.74, 6) is 0.427. The lowest BCUT2D eigenvalue weighted by molar-refractivity contribution is 0.102. The van der Waals surface area contributed by atoms with Crippen molar-refractivity contribution >= 4 is 23.4 Å². The maximum absolute atomic E-state index is 12.6. The van der Waals surface area contributed by atoms with Gasteiger partial charge >= 0.3 is 0 Å². The van der Waals surface area contributed by atoms with Gasteiger partial charge in [-0.1, -0.05) is 30.3 Å². The van der Waals surface area contributed by atoms with Crippen molar-refractivity contribution < 1.29 is 4.79 Å². The fourth-order valence-electron chi connectivity index (χ4n) is 3.49. The fourth-order valence-corrected chi connectivity index (χ4v) is 4.41. The van der Waals surface area contributed by atoms with Crippen LogP contribution in [0.5, 0.6) is 0 Å². The van der Waals surface area contributed by atoms with Crippen LogP contribution in [0.4, 0.5) is 5.69 Å². The molecule has 1 saturated heterocycles. The molecule has 1 N–H and O–H groups in total. The Morgan fingerprint density at radius 2 is 2.04 bits per heavy atom. The first-order valence-electron chi connectivity index (χ1n) is 9.06. The minimum Gasteiger partial charge on any atom is -0.322 e. The summed E-state index contributed by atoms with van der Waals surface area (Å²) in [6.45, 7) is 3.76.